The number of nitrogens with zero attached hydrogens (tertiary/aromatic N) is 3. The van der Waals surface area contributed by atoms with Crippen molar-refractivity contribution in [3.63, 3.8) is 0 Å². The number of hydrogen-bond donors (Lipinski definition) is 1. The molecule has 3 heterocycles. The summed E-state index contributed by atoms with van der Waals surface area (Å²) in [6, 6.07) is 17.6. The van der Waals surface area contributed by atoms with Gasteiger partial charge in [0.25, 0.3) is 0 Å². The summed E-state index contributed by atoms with van der Waals surface area (Å²) in [5.41, 5.74) is 5.05. The van der Waals surface area contributed by atoms with Crippen molar-refractivity contribution in [3.8, 4) is 0 Å². The highest BCUT2D eigenvalue weighted by molar-refractivity contribution is 5.95. The first-order valence-corrected chi connectivity index (χ1v) is 13.7. The van der Waals surface area contributed by atoms with Gasteiger partial charge in [-0.05, 0) is 61.4 Å². The molecule has 0 spiro atoms. The Morgan fingerprint density at radius 3 is 2.51 bits per heavy atom. The number of piperazine rings is 1. The lowest BCUT2D eigenvalue weighted by Crippen LogP contribution is -2.54. The first kappa shape index (κ1) is 22.7. The van der Waals surface area contributed by atoms with Crippen molar-refractivity contribution in [2.75, 3.05) is 42.5 Å². The van der Waals surface area contributed by atoms with Crippen LogP contribution in [0.4, 0.5) is 11.4 Å². The number of benzene rings is 2. The van der Waals surface area contributed by atoms with Crippen molar-refractivity contribution in [1.29, 1.82) is 0 Å². The Bertz CT molecular complexity index is 1160. The second-order valence-electron chi connectivity index (χ2n) is 10.8. The first-order valence-electron chi connectivity index (χ1n) is 13.7. The lowest BCUT2D eigenvalue weighted by Gasteiger charge is -2.43. The third-order valence-electron chi connectivity index (χ3n) is 8.57. The molecule has 1 unspecified atom stereocenters. The van der Waals surface area contributed by atoms with Gasteiger partial charge in [0.05, 0.1) is 0 Å². The number of nitrogens with one attached hydrogen (secondary N) is 1. The molecule has 1 aromatic heterocycles. The third-order valence-corrected chi connectivity index (χ3v) is 8.57. The number of hydrogen-bond acceptors (Lipinski definition) is 3. The molecule has 5 nitrogen and oxygen atoms in total. The van der Waals surface area contributed by atoms with Gasteiger partial charge in [-0.2, -0.15) is 0 Å². The Morgan fingerprint density at radius 1 is 0.857 bits per heavy atom. The number of H-pyrrole nitrogens is 1. The summed E-state index contributed by atoms with van der Waals surface area (Å²) in [6.45, 7) is 5.13. The van der Waals surface area contributed by atoms with Gasteiger partial charge in [-0.3, -0.25) is 9.69 Å². The summed E-state index contributed by atoms with van der Waals surface area (Å²) in [5, 5.41) is 1.31. The Kier molecular flexibility index (Phi) is 6.51. The molecule has 1 aliphatic carbocycles. The maximum absolute atomic E-state index is 13.7. The second kappa shape index (κ2) is 10.1. The lowest BCUT2D eigenvalue weighted by atomic mass is 9.86. The third kappa shape index (κ3) is 4.71. The van der Waals surface area contributed by atoms with Crippen LogP contribution in [0.5, 0.6) is 0 Å². The largest absolute Gasteiger partial charge is 0.368 e. The molecule has 0 radical (unpaired) electrons. The minimum atomic E-state index is 0.278. The van der Waals surface area contributed by atoms with Crippen molar-refractivity contribution >= 4 is 28.2 Å². The van der Waals surface area contributed by atoms with E-state index in [1.54, 1.807) is 0 Å². The molecule has 1 saturated carbocycles. The van der Waals surface area contributed by atoms with E-state index in [-0.39, 0.29) is 6.04 Å². The standard InChI is InChI=1S/C30H38N4O/c35-30(21-23-7-2-1-3-8-23)34-25(14-13-24-9-4-5-11-28(24)34)22-32-17-19-33(20-18-32)29-12-6-10-27-26(29)15-16-31-27/h4-6,9-12,15-16,23,25,31H,1-3,7-8,13-14,17-22H2. The molecule has 35 heavy (non-hydrogen) atoms. The van der Waals surface area contributed by atoms with Crippen LogP contribution in [-0.4, -0.2) is 54.6 Å². The number of aromatic nitrogens is 1. The Hall–Kier alpha value is -2.79. The number of aryl methyl sites for hydroxylation is 1. The molecule has 1 amide bonds. The predicted molar refractivity (Wildman–Crippen MR) is 144 cm³/mol. The van der Waals surface area contributed by atoms with Crippen molar-refractivity contribution in [2.45, 2.75) is 57.4 Å². The summed E-state index contributed by atoms with van der Waals surface area (Å²) in [4.78, 5) is 24.4. The minimum Gasteiger partial charge on any atom is -0.368 e. The average Bonchev–Trinajstić information content (AvgIpc) is 3.39. The monoisotopic (exact) mass is 470 g/mol. The number of fused-ring (bicyclic) bond motifs is 2. The maximum atomic E-state index is 13.7. The van der Waals surface area contributed by atoms with Crippen LogP contribution < -0.4 is 9.80 Å². The molecule has 1 atom stereocenters. The van der Waals surface area contributed by atoms with E-state index >= 15 is 0 Å². The molecule has 2 fully saturated rings. The van der Waals surface area contributed by atoms with Crippen LogP contribution in [0.15, 0.2) is 54.7 Å². The second-order valence-corrected chi connectivity index (χ2v) is 10.8. The molecule has 1 saturated heterocycles. The highest BCUT2D eigenvalue weighted by Crippen LogP contribution is 2.34. The molecule has 2 aromatic carbocycles. The fourth-order valence-corrected chi connectivity index (χ4v) is 6.67. The van der Waals surface area contributed by atoms with Crippen LogP contribution in [0.2, 0.25) is 0 Å². The van der Waals surface area contributed by atoms with Gasteiger partial charge in [0.2, 0.25) is 5.91 Å². The summed E-state index contributed by atoms with van der Waals surface area (Å²) < 4.78 is 0. The Labute approximate surface area is 209 Å². The van der Waals surface area contributed by atoms with Gasteiger partial charge < -0.3 is 14.8 Å². The van der Waals surface area contributed by atoms with Crippen LogP contribution >= 0.6 is 0 Å². The van der Waals surface area contributed by atoms with Crippen LogP contribution in [0.3, 0.4) is 0 Å². The zero-order valence-electron chi connectivity index (χ0n) is 20.8. The Balaban J connectivity index is 1.14. The highest BCUT2D eigenvalue weighted by atomic mass is 16.2. The molecule has 2 aliphatic heterocycles. The van der Waals surface area contributed by atoms with Gasteiger partial charge >= 0.3 is 0 Å². The first-order chi connectivity index (χ1) is 17.3. The molecular weight excluding hydrogens is 432 g/mol. The fraction of sp³-hybridized carbons (Fsp3) is 0.500. The highest BCUT2D eigenvalue weighted by Gasteiger charge is 2.34. The predicted octanol–water partition coefficient (Wildman–Crippen LogP) is 5.61. The molecule has 184 valence electrons. The number of carbonyl (C=O) groups is 1. The van der Waals surface area contributed by atoms with E-state index in [0.29, 0.717) is 11.8 Å². The molecule has 3 aliphatic rings. The number of anilines is 2. The SMILES string of the molecule is O=C(CC1CCCCC1)N1c2ccccc2CCC1CN1CCN(c2cccc3[nH]ccc23)CC1. The van der Waals surface area contributed by atoms with Crippen molar-refractivity contribution in [3.05, 3.63) is 60.3 Å². The maximum Gasteiger partial charge on any atom is 0.227 e. The molecule has 0 bridgehead atoms. The zero-order valence-corrected chi connectivity index (χ0v) is 20.8. The van der Waals surface area contributed by atoms with Gasteiger partial charge in [0.15, 0.2) is 0 Å². The van der Waals surface area contributed by atoms with Crippen LogP contribution in [0, 0.1) is 5.92 Å². The van der Waals surface area contributed by atoms with Crippen LogP contribution in [0.1, 0.15) is 50.5 Å². The van der Waals surface area contributed by atoms with Gasteiger partial charge in [0.1, 0.15) is 0 Å². The number of para-hydroxylation sites is 1. The van der Waals surface area contributed by atoms with Gasteiger partial charge in [0, 0.05) is 73.7 Å². The molecular formula is C30H38N4O. The summed E-state index contributed by atoms with van der Waals surface area (Å²) in [5.74, 6) is 0.928. The number of aromatic amines is 1. The van der Waals surface area contributed by atoms with Crippen molar-refractivity contribution in [1.82, 2.24) is 9.88 Å². The number of rotatable bonds is 5. The van der Waals surface area contributed by atoms with E-state index in [1.165, 1.54) is 59.9 Å². The number of amides is 1. The van der Waals surface area contributed by atoms with Crippen molar-refractivity contribution < 1.29 is 4.79 Å². The van der Waals surface area contributed by atoms with Crippen LogP contribution in [-0.2, 0) is 11.2 Å². The van der Waals surface area contributed by atoms with Gasteiger partial charge in [-0.25, -0.2) is 0 Å². The van der Waals surface area contributed by atoms with E-state index in [0.717, 1.165) is 52.0 Å². The lowest BCUT2D eigenvalue weighted by molar-refractivity contribution is -0.120. The fourth-order valence-electron chi connectivity index (χ4n) is 6.67. The molecule has 3 aromatic rings. The van der Waals surface area contributed by atoms with E-state index in [1.807, 2.05) is 6.20 Å². The smallest absolute Gasteiger partial charge is 0.227 e. The van der Waals surface area contributed by atoms with Gasteiger partial charge in [-0.15, -0.1) is 0 Å². The minimum absolute atomic E-state index is 0.278. The molecule has 1 N–H and O–H groups in total. The van der Waals surface area contributed by atoms with Crippen molar-refractivity contribution in [2.24, 2.45) is 5.92 Å². The number of carbonyl (C=O) groups excluding carboxylic acids is 1. The van der Waals surface area contributed by atoms with E-state index < -0.39 is 0 Å². The normalized spacial score (nSPS) is 21.9. The van der Waals surface area contributed by atoms with Gasteiger partial charge in [-0.1, -0.05) is 43.5 Å². The zero-order chi connectivity index (χ0) is 23.6. The average molecular weight is 471 g/mol. The summed E-state index contributed by atoms with van der Waals surface area (Å²) in [7, 11) is 0. The van der Waals surface area contributed by atoms with Crippen LogP contribution in [0.25, 0.3) is 10.9 Å². The summed E-state index contributed by atoms with van der Waals surface area (Å²) in [6.07, 6.45) is 11.3. The topological polar surface area (TPSA) is 42.6 Å². The van der Waals surface area contributed by atoms with E-state index in [9.17, 15) is 4.79 Å². The van der Waals surface area contributed by atoms with E-state index in [4.69, 9.17) is 0 Å². The molecule has 5 heteroatoms. The Morgan fingerprint density at radius 2 is 1.66 bits per heavy atom. The molecule has 6 rings (SSSR count). The summed E-state index contributed by atoms with van der Waals surface area (Å²) >= 11 is 0. The quantitative estimate of drug-likeness (QED) is 0.527. The van der Waals surface area contributed by atoms with E-state index in [2.05, 4.69) is 68.2 Å².